The van der Waals surface area contributed by atoms with E-state index in [1.54, 1.807) is 36.1 Å². The molecule has 4 aromatic rings. The Morgan fingerprint density at radius 3 is 2.62 bits per heavy atom. The zero-order chi connectivity index (χ0) is 24.0. The minimum absolute atomic E-state index is 0.00872. The van der Waals surface area contributed by atoms with E-state index >= 15 is 0 Å². The van der Waals surface area contributed by atoms with Crippen molar-refractivity contribution in [2.45, 2.75) is 38.2 Å². The van der Waals surface area contributed by atoms with Crippen molar-refractivity contribution in [3.63, 3.8) is 0 Å². The van der Waals surface area contributed by atoms with Crippen LogP contribution in [0.3, 0.4) is 0 Å². The molecule has 1 aliphatic heterocycles. The molecule has 0 amide bonds. The fraction of sp³-hybridized carbons (Fsp3) is 0.333. The molecule has 2 atom stereocenters. The Morgan fingerprint density at radius 2 is 1.94 bits per heavy atom. The lowest BCUT2D eigenvalue weighted by molar-refractivity contribution is 0.00455. The molecule has 0 unspecified atom stereocenters. The number of benzene rings is 1. The number of hydrogen-bond acceptors (Lipinski definition) is 5. The summed E-state index contributed by atoms with van der Waals surface area (Å²) in [5.41, 5.74) is 2.94. The van der Waals surface area contributed by atoms with Gasteiger partial charge in [0.1, 0.15) is 10.7 Å². The summed E-state index contributed by atoms with van der Waals surface area (Å²) in [5, 5.41) is 4.27. The molecule has 3 aromatic heterocycles. The fourth-order valence-corrected chi connectivity index (χ4v) is 4.46. The lowest BCUT2D eigenvalue weighted by Crippen LogP contribution is -2.23. The summed E-state index contributed by atoms with van der Waals surface area (Å²) in [7, 11) is 1.85. The second-order valence-corrected chi connectivity index (χ2v) is 8.85. The Kier molecular flexibility index (Phi) is 5.91. The lowest BCUT2D eigenvalue weighted by atomic mass is 9.90. The van der Waals surface area contributed by atoms with Gasteiger partial charge in [-0.1, -0.05) is 35.9 Å². The molecule has 1 aliphatic rings. The maximum absolute atomic E-state index is 13.1. The minimum Gasteiger partial charge on any atom is -0.373 e. The second-order valence-electron chi connectivity index (χ2n) is 8.48. The molecule has 5 rings (SSSR count). The number of halogens is 3. The predicted molar refractivity (Wildman–Crippen MR) is 123 cm³/mol. The van der Waals surface area contributed by atoms with E-state index in [0.29, 0.717) is 41.3 Å². The maximum Gasteiger partial charge on any atom is 0.277 e. The molecule has 1 fully saturated rings. The number of alkyl halides is 2. The van der Waals surface area contributed by atoms with Crippen molar-refractivity contribution in [3.8, 4) is 11.3 Å². The molecule has 1 aromatic carbocycles. The number of nitrogens with zero attached hydrogens (tertiary/aromatic N) is 5. The molecule has 0 aliphatic carbocycles. The summed E-state index contributed by atoms with van der Waals surface area (Å²) in [5.74, 6) is 0.00872. The van der Waals surface area contributed by atoms with Crippen LogP contribution < -0.4 is 5.56 Å². The number of rotatable bonds is 4. The molecular weight excluding hydrogens is 464 g/mol. The zero-order valence-electron chi connectivity index (χ0n) is 18.6. The average Bonchev–Trinajstić information content (AvgIpc) is 3.29. The van der Waals surface area contributed by atoms with E-state index < -0.39 is 12.0 Å². The zero-order valence-corrected chi connectivity index (χ0v) is 19.3. The van der Waals surface area contributed by atoms with Crippen LogP contribution in [0, 0.1) is 6.92 Å². The summed E-state index contributed by atoms with van der Waals surface area (Å²) in [4.78, 5) is 22.4. The van der Waals surface area contributed by atoms with Crippen molar-refractivity contribution < 1.29 is 13.5 Å². The van der Waals surface area contributed by atoms with E-state index in [9.17, 15) is 13.6 Å². The highest BCUT2D eigenvalue weighted by Gasteiger charge is 2.28. The van der Waals surface area contributed by atoms with Crippen LogP contribution in [-0.2, 0) is 11.8 Å². The normalized spacial score (nSPS) is 18.6. The van der Waals surface area contributed by atoms with E-state index in [2.05, 4.69) is 10.1 Å². The minimum atomic E-state index is -2.57. The van der Waals surface area contributed by atoms with Gasteiger partial charge in [-0.15, -0.1) is 0 Å². The summed E-state index contributed by atoms with van der Waals surface area (Å²) in [6.07, 6.45) is 4.07. The van der Waals surface area contributed by atoms with Gasteiger partial charge in [0.25, 0.3) is 12.0 Å². The lowest BCUT2D eigenvalue weighted by Gasteiger charge is -2.29. The van der Waals surface area contributed by atoms with Gasteiger partial charge in [0.15, 0.2) is 5.65 Å². The molecule has 10 heteroatoms. The van der Waals surface area contributed by atoms with Crippen LogP contribution >= 0.6 is 11.6 Å². The third kappa shape index (κ3) is 4.10. The van der Waals surface area contributed by atoms with Crippen LogP contribution in [0.1, 0.15) is 53.8 Å². The first kappa shape index (κ1) is 22.6. The summed E-state index contributed by atoms with van der Waals surface area (Å²) >= 11 is 6.23. The quantitative estimate of drug-likeness (QED) is 0.405. The first-order chi connectivity index (χ1) is 16.3. The number of hydrogen-bond donors (Lipinski definition) is 0. The molecule has 0 saturated carbocycles. The topological polar surface area (TPSA) is 74.3 Å². The number of ether oxygens (including phenoxy) is 1. The first-order valence-electron chi connectivity index (χ1n) is 10.9. The standard InChI is InChI=1S/C24H22ClF2N5O2/c1-13-20(25)24(33)32-12-18(16-7-8-34-19(9-16)17-10-28-31(2)11-17)30-21(23(32)29-13)14-3-5-15(6-4-14)22(26)27/h3-6,10-12,16,19,22H,7-9H2,1-2H3/t16-,19+/m1/s1. The van der Waals surface area contributed by atoms with Crippen molar-refractivity contribution in [1.29, 1.82) is 0 Å². The van der Waals surface area contributed by atoms with Gasteiger partial charge < -0.3 is 4.74 Å². The van der Waals surface area contributed by atoms with E-state index in [1.807, 2.05) is 13.2 Å². The van der Waals surface area contributed by atoms with Crippen molar-refractivity contribution in [2.24, 2.45) is 7.05 Å². The largest absolute Gasteiger partial charge is 0.373 e. The summed E-state index contributed by atoms with van der Waals surface area (Å²) in [6.45, 7) is 2.18. The number of aromatic nitrogens is 5. The third-order valence-corrected chi connectivity index (χ3v) is 6.61. The Labute approximate surface area is 199 Å². The molecule has 34 heavy (non-hydrogen) atoms. The Hall–Kier alpha value is -3.17. The van der Waals surface area contributed by atoms with Gasteiger partial charge in [0.05, 0.1) is 23.7 Å². The SMILES string of the molecule is Cc1nc2c(-c3ccc(C(F)F)cc3)nc([C@@H]3CCO[C@H](c4cnn(C)c4)C3)cn2c(=O)c1Cl. The number of fused-ring (bicyclic) bond motifs is 1. The van der Waals surface area contributed by atoms with E-state index in [1.165, 1.54) is 16.5 Å². The Bertz CT molecular complexity index is 1420. The van der Waals surface area contributed by atoms with Crippen molar-refractivity contribution in [2.75, 3.05) is 6.61 Å². The van der Waals surface area contributed by atoms with E-state index in [0.717, 1.165) is 12.0 Å². The smallest absolute Gasteiger partial charge is 0.277 e. The monoisotopic (exact) mass is 485 g/mol. The third-order valence-electron chi connectivity index (χ3n) is 6.18. The van der Waals surface area contributed by atoms with Gasteiger partial charge in [-0.25, -0.2) is 18.7 Å². The summed E-state index contributed by atoms with van der Waals surface area (Å²) < 4.78 is 35.3. The van der Waals surface area contributed by atoms with Crippen LogP contribution in [-0.4, -0.2) is 30.8 Å². The molecule has 0 radical (unpaired) electrons. The van der Waals surface area contributed by atoms with Crippen molar-refractivity contribution >= 4 is 17.2 Å². The van der Waals surface area contributed by atoms with Gasteiger partial charge in [0, 0.05) is 48.7 Å². The van der Waals surface area contributed by atoms with Crippen LogP contribution in [0.15, 0.2) is 47.7 Å². The van der Waals surface area contributed by atoms with Crippen LogP contribution in [0.25, 0.3) is 16.9 Å². The Morgan fingerprint density at radius 1 is 1.18 bits per heavy atom. The molecule has 4 heterocycles. The maximum atomic E-state index is 13.1. The van der Waals surface area contributed by atoms with Crippen molar-refractivity contribution in [3.05, 3.63) is 80.7 Å². The number of aryl methyl sites for hydroxylation is 2. The van der Waals surface area contributed by atoms with Crippen LogP contribution in [0.5, 0.6) is 0 Å². The molecule has 0 N–H and O–H groups in total. The van der Waals surface area contributed by atoms with Gasteiger partial charge >= 0.3 is 0 Å². The molecular formula is C24H22ClF2N5O2. The second kappa shape index (κ2) is 8.88. The molecule has 176 valence electrons. The van der Waals surface area contributed by atoms with Gasteiger partial charge in [-0.3, -0.25) is 13.9 Å². The highest BCUT2D eigenvalue weighted by atomic mass is 35.5. The van der Waals surface area contributed by atoms with Gasteiger partial charge in [-0.05, 0) is 19.8 Å². The molecule has 1 saturated heterocycles. The molecule has 7 nitrogen and oxygen atoms in total. The van der Waals surface area contributed by atoms with Crippen molar-refractivity contribution in [1.82, 2.24) is 24.1 Å². The average molecular weight is 486 g/mol. The predicted octanol–water partition coefficient (Wildman–Crippen LogP) is 5.02. The first-order valence-corrected chi connectivity index (χ1v) is 11.3. The van der Waals surface area contributed by atoms with Crippen LogP contribution in [0.2, 0.25) is 5.02 Å². The molecule has 0 spiro atoms. The van der Waals surface area contributed by atoms with Gasteiger partial charge in [0.2, 0.25) is 0 Å². The van der Waals surface area contributed by atoms with Gasteiger partial charge in [-0.2, -0.15) is 5.10 Å². The fourth-order valence-electron chi connectivity index (χ4n) is 4.33. The Balaban J connectivity index is 1.63. The highest BCUT2D eigenvalue weighted by Crippen LogP contribution is 2.37. The van der Waals surface area contributed by atoms with Crippen LogP contribution in [0.4, 0.5) is 8.78 Å². The van der Waals surface area contributed by atoms with E-state index in [-0.39, 0.29) is 22.6 Å². The molecule has 0 bridgehead atoms. The summed E-state index contributed by atoms with van der Waals surface area (Å²) in [6, 6.07) is 5.87. The van der Waals surface area contributed by atoms with E-state index in [4.69, 9.17) is 21.3 Å². The highest BCUT2D eigenvalue weighted by molar-refractivity contribution is 6.31.